The van der Waals surface area contributed by atoms with Crippen LogP contribution in [0, 0.1) is 0 Å². The van der Waals surface area contributed by atoms with E-state index in [0.29, 0.717) is 5.05 Å². The van der Waals surface area contributed by atoms with Gasteiger partial charge in [-0.2, -0.15) is 0 Å². The monoisotopic (exact) mass is 130 g/mol. The van der Waals surface area contributed by atoms with E-state index in [1.807, 2.05) is 6.08 Å². The van der Waals surface area contributed by atoms with Crippen molar-refractivity contribution in [1.29, 1.82) is 0 Å². The van der Waals surface area contributed by atoms with Gasteiger partial charge in [-0.05, 0) is 24.7 Å². The average Bonchev–Trinajstić information content (AvgIpc) is 1.83. The lowest BCUT2D eigenvalue weighted by Crippen LogP contribution is -1.89. The Kier molecular flexibility index (Phi) is 4.56. The van der Waals surface area contributed by atoms with Crippen LogP contribution in [0.2, 0.25) is 0 Å². The number of rotatable bonds is 2. The van der Waals surface area contributed by atoms with Crippen molar-refractivity contribution in [3.05, 3.63) is 12.2 Å². The van der Waals surface area contributed by atoms with Gasteiger partial charge in [-0.3, -0.25) is 0 Å². The van der Waals surface area contributed by atoms with Gasteiger partial charge in [0, 0.05) is 0 Å². The molecule has 0 N–H and O–H groups in total. The maximum Gasteiger partial charge on any atom is 0.183 e. The zero-order valence-electron chi connectivity index (χ0n) is 5.18. The van der Waals surface area contributed by atoms with Gasteiger partial charge in [0.25, 0.3) is 0 Å². The molecule has 0 amide bonds. The third-order valence-electron chi connectivity index (χ3n) is 0.691. The van der Waals surface area contributed by atoms with E-state index >= 15 is 0 Å². The molecule has 0 atom stereocenters. The van der Waals surface area contributed by atoms with E-state index < -0.39 is 0 Å². The lowest BCUT2D eigenvalue weighted by atomic mass is 10.4. The van der Waals surface area contributed by atoms with Crippen LogP contribution in [0.5, 0.6) is 0 Å². The number of methoxy groups -OCH3 is 1. The largest absolute Gasteiger partial charge is 0.487 e. The summed E-state index contributed by atoms with van der Waals surface area (Å²) >= 11 is 4.71. The Hall–Kier alpha value is -0.370. The summed E-state index contributed by atoms with van der Waals surface area (Å²) in [5.74, 6) is 0. The summed E-state index contributed by atoms with van der Waals surface area (Å²) in [6.45, 7) is 2.05. The molecule has 0 rings (SSSR count). The summed E-state index contributed by atoms with van der Waals surface area (Å²) in [6.07, 6.45) is 4.75. The highest BCUT2D eigenvalue weighted by atomic mass is 32.1. The zero-order chi connectivity index (χ0) is 6.41. The minimum Gasteiger partial charge on any atom is -0.487 e. The second-order valence-corrected chi connectivity index (χ2v) is 1.74. The minimum absolute atomic E-state index is 0.548. The molecule has 0 aliphatic heterocycles. The van der Waals surface area contributed by atoms with Crippen LogP contribution in [0.25, 0.3) is 0 Å². The molecule has 8 heavy (non-hydrogen) atoms. The van der Waals surface area contributed by atoms with Crippen LogP contribution in [0.1, 0.15) is 13.3 Å². The first kappa shape index (κ1) is 7.63. The summed E-state index contributed by atoms with van der Waals surface area (Å²) in [5, 5.41) is 0.548. The lowest BCUT2D eigenvalue weighted by Gasteiger charge is -1.90. The van der Waals surface area contributed by atoms with Crippen molar-refractivity contribution in [1.82, 2.24) is 0 Å². The van der Waals surface area contributed by atoms with Crippen molar-refractivity contribution in [2.75, 3.05) is 7.11 Å². The van der Waals surface area contributed by atoms with Crippen molar-refractivity contribution >= 4 is 17.3 Å². The maximum atomic E-state index is 4.71. The Labute approximate surface area is 55.3 Å². The summed E-state index contributed by atoms with van der Waals surface area (Å²) < 4.78 is 4.70. The van der Waals surface area contributed by atoms with Crippen molar-refractivity contribution in [3.8, 4) is 0 Å². The molecule has 46 valence electrons. The SMILES string of the molecule is CC/C=C/C(=S)OC. The van der Waals surface area contributed by atoms with E-state index in [1.165, 1.54) is 0 Å². The molecule has 0 fully saturated rings. The van der Waals surface area contributed by atoms with Crippen LogP contribution in [-0.4, -0.2) is 12.2 Å². The first-order valence-electron chi connectivity index (χ1n) is 2.55. The van der Waals surface area contributed by atoms with Gasteiger partial charge < -0.3 is 4.74 Å². The van der Waals surface area contributed by atoms with Crippen LogP contribution in [0.4, 0.5) is 0 Å². The third-order valence-corrected chi connectivity index (χ3v) is 0.994. The average molecular weight is 130 g/mol. The normalized spacial score (nSPS) is 9.75. The predicted octanol–water partition coefficient (Wildman–Crippen LogP) is 1.93. The summed E-state index contributed by atoms with van der Waals surface area (Å²) in [6, 6.07) is 0. The molecule has 0 saturated carbocycles. The molecule has 0 bridgehead atoms. The number of hydrogen-bond donors (Lipinski definition) is 0. The first-order valence-corrected chi connectivity index (χ1v) is 2.96. The molecule has 0 aromatic carbocycles. The Morgan fingerprint density at radius 2 is 2.38 bits per heavy atom. The topological polar surface area (TPSA) is 9.23 Å². The quantitative estimate of drug-likeness (QED) is 0.417. The lowest BCUT2D eigenvalue weighted by molar-refractivity contribution is 0.418. The van der Waals surface area contributed by atoms with Crippen LogP contribution < -0.4 is 0 Å². The van der Waals surface area contributed by atoms with Gasteiger partial charge >= 0.3 is 0 Å². The molecule has 1 nitrogen and oxygen atoms in total. The second kappa shape index (κ2) is 4.78. The van der Waals surface area contributed by atoms with E-state index in [0.717, 1.165) is 6.42 Å². The molecule has 0 heterocycles. The van der Waals surface area contributed by atoms with Gasteiger partial charge in [0.05, 0.1) is 7.11 Å². The van der Waals surface area contributed by atoms with E-state index in [2.05, 4.69) is 6.92 Å². The fourth-order valence-electron chi connectivity index (χ4n) is 0.282. The van der Waals surface area contributed by atoms with E-state index in [4.69, 9.17) is 17.0 Å². The van der Waals surface area contributed by atoms with Gasteiger partial charge in [-0.15, -0.1) is 0 Å². The van der Waals surface area contributed by atoms with Gasteiger partial charge in [0.2, 0.25) is 0 Å². The summed E-state index contributed by atoms with van der Waals surface area (Å²) in [7, 11) is 1.57. The highest BCUT2D eigenvalue weighted by molar-refractivity contribution is 7.80. The highest BCUT2D eigenvalue weighted by Crippen LogP contribution is 1.84. The van der Waals surface area contributed by atoms with Crippen molar-refractivity contribution in [3.63, 3.8) is 0 Å². The first-order chi connectivity index (χ1) is 3.81. The Balaban J connectivity index is 3.37. The number of allylic oxidation sites excluding steroid dienone is 1. The molecule has 0 spiro atoms. The van der Waals surface area contributed by atoms with Gasteiger partial charge in [0.15, 0.2) is 5.05 Å². The fourth-order valence-corrected chi connectivity index (χ4v) is 0.378. The molecule has 0 aromatic rings. The van der Waals surface area contributed by atoms with Gasteiger partial charge in [-0.1, -0.05) is 13.0 Å². The Bertz CT molecular complexity index is 96.7. The maximum absolute atomic E-state index is 4.71. The third kappa shape index (κ3) is 3.81. The van der Waals surface area contributed by atoms with E-state index in [1.54, 1.807) is 13.2 Å². The molecule has 0 aliphatic rings. The number of ether oxygens (including phenoxy) is 1. The van der Waals surface area contributed by atoms with Crippen molar-refractivity contribution in [2.24, 2.45) is 0 Å². The standard InChI is InChI=1S/C6H10OS/c1-3-4-5-6(8)7-2/h4-5H,3H2,1-2H3/b5-4+. The Morgan fingerprint density at radius 1 is 1.75 bits per heavy atom. The fraction of sp³-hybridized carbons (Fsp3) is 0.500. The highest BCUT2D eigenvalue weighted by Gasteiger charge is 1.79. The Morgan fingerprint density at radius 3 is 2.75 bits per heavy atom. The second-order valence-electron chi connectivity index (χ2n) is 1.33. The van der Waals surface area contributed by atoms with Crippen LogP contribution in [0.15, 0.2) is 12.2 Å². The molecule has 0 saturated heterocycles. The number of hydrogen-bond acceptors (Lipinski definition) is 2. The zero-order valence-corrected chi connectivity index (χ0v) is 5.99. The molecular formula is C6H10OS. The van der Waals surface area contributed by atoms with Crippen molar-refractivity contribution in [2.45, 2.75) is 13.3 Å². The molecule has 0 unspecified atom stereocenters. The predicted molar refractivity (Wildman–Crippen MR) is 39.0 cm³/mol. The summed E-state index contributed by atoms with van der Waals surface area (Å²) in [5.41, 5.74) is 0. The van der Waals surface area contributed by atoms with Crippen LogP contribution in [-0.2, 0) is 4.74 Å². The van der Waals surface area contributed by atoms with Crippen molar-refractivity contribution < 1.29 is 4.74 Å². The molecule has 2 heteroatoms. The van der Waals surface area contributed by atoms with Gasteiger partial charge in [0.1, 0.15) is 0 Å². The van der Waals surface area contributed by atoms with Crippen LogP contribution in [0.3, 0.4) is 0 Å². The van der Waals surface area contributed by atoms with E-state index in [9.17, 15) is 0 Å². The molecule has 0 radical (unpaired) electrons. The van der Waals surface area contributed by atoms with Crippen LogP contribution >= 0.6 is 12.2 Å². The molecular weight excluding hydrogens is 120 g/mol. The van der Waals surface area contributed by atoms with E-state index in [-0.39, 0.29) is 0 Å². The minimum atomic E-state index is 0.548. The molecule has 0 aromatic heterocycles. The number of thiocarbonyl (C=S) groups is 1. The smallest absolute Gasteiger partial charge is 0.183 e. The van der Waals surface area contributed by atoms with Gasteiger partial charge in [-0.25, -0.2) is 0 Å². The molecule has 0 aliphatic carbocycles. The summed E-state index contributed by atoms with van der Waals surface area (Å²) in [4.78, 5) is 0.